The Morgan fingerprint density at radius 3 is 2.00 bits per heavy atom. The molecular weight excluding hydrogens is 248 g/mol. The fourth-order valence-corrected chi connectivity index (χ4v) is 4.19. The summed E-state index contributed by atoms with van der Waals surface area (Å²) in [6.45, 7) is 20.4. The van der Waals surface area contributed by atoms with E-state index in [1.54, 1.807) is 0 Å². The van der Waals surface area contributed by atoms with Crippen LogP contribution in [0.2, 0.25) is 0 Å². The van der Waals surface area contributed by atoms with E-state index in [0.717, 1.165) is 19.1 Å². The highest BCUT2D eigenvalue weighted by molar-refractivity contribution is 5.07. The lowest BCUT2D eigenvalue weighted by Crippen LogP contribution is -2.76. The van der Waals surface area contributed by atoms with Gasteiger partial charge in [0.2, 0.25) is 0 Å². The maximum atomic E-state index is 3.61. The molecular formula is C16H32N4. The third kappa shape index (κ3) is 2.63. The van der Waals surface area contributed by atoms with Gasteiger partial charge >= 0.3 is 0 Å². The third-order valence-electron chi connectivity index (χ3n) is 5.54. The van der Waals surface area contributed by atoms with Gasteiger partial charge in [0.25, 0.3) is 0 Å². The Morgan fingerprint density at radius 2 is 1.45 bits per heavy atom. The molecule has 3 rings (SSSR count). The molecule has 1 atom stereocenters. The number of piperazine rings is 1. The Hall–Kier alpha value is -0.160. The molecule has 0 aromatic heterocycles. The first-order chi connectivity index (χ1) is 9.30. The first-order valence-corrected chi connectivity index (χ1v) is 8.28. The maximum Gasteiger partial charge on any atom is 0.0594 e. The zero-order chi connectivity index (χ0) is 14.5. The van der Waals surface area contributed by atoms with Gasteiger partial charge in [-0.1, -0.05) is 0 Å². The summed E-state index contributed by atoms with van der Waals surface area (Å²) in [6.07, 6.45) is 0.607. The van der Waals surface area contributed by atoms with Gasteiger partial charge in [0.05, 0.1) is 6.17 Å². The number of rotatable bonds is 3. The van der Waals surface area contributed by atoms with Crippen LogP contribution in [0, 0.1) is 5.41 Å². The van der Waals surface area contributed by atoms with Gasteiger partial charge in [0, 0.05) is 62.8 Å². The molecule has 0 aliphatic carbocycles. The van der Waals surface area contributed by atoms with Crippen molar-refractivity contribution in [3.05, 3.63) is 0 Å². The Bertz CT molecular complexity index is 351. The number of nitrogens with one attached hydrogen (secondary N) is 1. The minimum absolute atomic E-state index is 0.264. The second-order valence-corrected chi connectivity index (χ2v) is 8.32. The number of nitrogens with zero attached hydrogens (tertiary/aromatic N) is 3. The minimum Gasteiger partial charge on any atom is -0.309 e. The fourth-order valence-electron chi connectivity index (χ4n) is 4.19. The molecule has 1 N–H and O–H groups in total. The lowest BCUT2D eigenvalue weighted by atomic mass is 9.72. The molecule has 3 fully saturated rings. The molecule has 3 heterocycles. The minimum atomic E-state index is 0.264. The van der Waals surface area contributed by atoms with Gasteiger partial charge in [-0.25, -0.2) is 0 Å². The first-order valence-electron chi connectivity index (χ1n) is 8.28. The van der Waals surface area contributed by atoms with Crippen molar-refractivity contribution in [1.29, 1.82) is 0 Å². The Balaban J connectivity index is 1.48. The molecule has 4 heteroatoms. The highest BCUT2D eigenvalue weighted by Gasteiger charge is 2.53. The Morgan fingerprint density at radius 1 is 0.850 bits per heavy atom. The summed E-state index contributed by atoms with van der Waals surface area (Å²) in [6, 6.07) is 0.723. The van der Waals surface area contributed by atoms with Crippen molar-refractivity contribution in [2.24, 2.45) is 5.41 Å². The van der Waals surface area contributed by atoms with Crippen LogP contribution in [0.3, 0.4) is 0 Å². The van der Waals surface area contributed by atoms with E-state index >= 15 is 0 Å². The van der Waals surface area contributed by atoms with Crippen LogP contribution in [0.25, 0.3) is 0 Å². The topological polar surface area (TPSA) is 21.8 Å². The average Bonchev–Trinajstić information content (AvgIpc) is 2.22. The average molecular weight is 280 g/mol. The number of hydrogen-bond acceptors (Lipinski definition) is 4. The standard InChI is InChI=1S/C16H32N4/c1-13(2)19-9-16(10-19)11-20(12-16)14(3)18-7-6-17-15(4,5)8-18/h13-14,17H,6-12H2,1-5H3. The molecule has 1 unspecified atom stereocenters. The Labute approximate surface area is 124 Å². The van der Waals surface area contributed by atoms with Crippen LogP contribution in [0.15, 0.2) is 0 Å². The van der Waals surface area contributed by atoms with Gasteiger partial charge in [-0.2, -0.15) is 0 Å². The lowest BCUT2D eigenvalue weighted by Gasteiger charge is -2.64. The Kier molecular flexibility index (Phi) is 3.65. The highest BCUT2D eigenvalue weighted by atomic mass is 15.4. The molecule has 3 aliphatic rings. The van der Waals surface area contributed by atoms with Gasteiger partial charge in [-0.15, -0.1) is 0 Å². The summed E-state index contributed by atoms with van der Waals surface area (Å²) in [5, 5.41) is 3.61. The first kappa shape index (κ1) is 14.8. The molecule has 0 saturated carbocycles. The van der Waals surface area contributed by atoms with Crippen LogP contribution in [0.5, 0.6) is 0 Å². The van der Waals surface area contributed by atoms with Gasteiger partial charge in [0.1, 0.15) is 0 Å². The van der Waals surface area contributed by atoms with E-state index in [1.165, 1.54) is 32.7 Å². The molecule has 3 saturated heterocycles. The van der Waals surface area contributed by atoms with E-state index in [9.17, 15) is 0 Å². The predicted molar refractivity (Wildman–Crippen MR) is 83.8 cm³/mol. The molecule has 0 amide bonds. The van der Waals surface area contributed by atoms with Crippen molar-refractivity contribution >= 4 is 0 Å². The lowest BCUT2D eigenvalue weighted by molar-refractivity contribution is -0.161. The van der Waals surface area contributed by atoms with Gasteiger partial charge in [-0.3, -0.25) is 14.7 Å². The molecule has 0 aromatic rings. The zero-order valence-corrected chi connectivity index (χ0v) is 13.9. The smallest absolute Gasteiger partial charge is 0.0594 e. The monoisotopic (exact) mass is 280 g/mol. The largest absolute Gasteiger partial charge is 0.309 e. The van der Waals surface area contributed by atoms with Crippen molar-refractivity contribution in [3.63, 3.8) is 0 Å². The zero-order valence-electron chi connectivity index (χ0n) is 13.9. The van der Waals surface area contributed by atoms with E-state index in [-0.39, 0.29) is 5.54 Å². The highest BCUT2D eigenvalue weighted by Crippen LogP contribution is 2.41. The summed E-state index contributed by atoms with van der Waals surface area (Å²) in [4.78, 5) is 7.94. The van der Waals surface area contributed by atoms with Crippen LogP contribution in [-0.2, 0) is 0 Å². The quantitative estimate of drug-likeness (QED) is 0.834. The van der Waals surface area contributed by atoms with Crippen LogP contribution < -0.4 is 5.32 Å². The summed E-state index contributed by atoms with van der Waals surface area (Å²) in [5.74, 6) is 0. The van der Waals surface area contributed by atoms with Crippen LogP contribution in [0.4, 0.5) is 0 Å². The van der Waals surface area contributed by atoms with Crippen molar-refractivity contribution in [2.45, 2.75) is 52.4 Å². The van der Waals surface area contributed by atoms with Crippen LogP contribution in [-0.4, -0.2) is 78.3 Å². The molecule has 116 valence electrons. The molecule has 0 bridgehead atoms. The van der Waals surface area contributed by atoms with Crippen molar-refractivity contribution in [3.8, 4) is 0 Å². The SMILES string of the molecule is CC(C)N1CC2(C1)CN(C(C)N1CCNC(C)(C)C1)C2. The van der Waals surface area contributed by atoms with Gasteiger partial charge in [-0.05, 0) is 34.6 Å². The number of likely N-dealkylation sites (tertiary alicyclic amines) is 2. The summed E-state index contributed by atoms with van der Waals surface area (Å²) < 4.78 is 0. The normalized spacial score (nSPS) is 32.1. The fraction of sp³-hybridized carbons (Fsp3) is 1.00. The molecule has 20 heavy (non-hydrogen) atoms. The van der Waals surface area contributed by atoms with E-state index in [2.05, 4.69) is 54.6 Å². The molecule has 1 spiro atoms. The van der Waals surface area contributed by atoms with Crippen LogP contribution in [0.1, 0.15) is 34.6 Å². The summed E-state index contributed by atoms with van der Waals surface area (Å²) >= 11 is 0. The maximum absolute atomic E-state index is 3.61. The predicted octanol–water partition coefficient (Wildman–Crippen LogP) is 1.04. The summed E-state index contributed by atoms with van der Waals surface area (Å²) in [7, 11) is 0. The molecule has 0 aromatic carbocycles. The van der Waals surface area contributed by atoms with E-state index < -0.39 is 0 Å². The van der Waals surface area contributed by atoms with Crippen LogP contribution >= 0.6 is 0 Å². The molecule has 0 radical (unpaired) electrons. The van der Waals surface area contributed by atoms with E-state index in [0.29, 0.717) is 11.6 Å². The van der Waals surface area contributed by atoms with Gasteiger partial charge < -0.3 is 5.32 Å². The van der Waals surface area contributed by atoms with E-state index in [1.807, 2.05) is 0 Å². The van der Waals surface area contributed by atoms with Crippen molar-refractivity contribution in [1.82, 2.24) is 20.0 Å². The van der Waals surface area contributed by atoms with Gasteiger partial charge in [0.15, 0.2) is 0 Å². The van der Waals surface area contributed by atoms with Crippen molar-refractivity contribution in [2.75, 3.05) is 45.8 Å². The molecule has 4 nitrogen and oxygen atoms in total. The van der Waals surface area contributed by atoms with E-state index in [4.69, 9.17) is 0 Å². The second-order valence-electron chi connectivity index (χ2n) is 8.32. The summed E-state index contributed by atoms with van der Waals surface area (Å²) in [5.41, 5.74) is 0.905. The second kappa shape index (κ2) is 4.94. The number of hydrogen-bond donors (Lipinski definition) is 1. The van der Waals surface area contributed by atoms with Crippen molar-refractivity contribution < 1.29 is 0 Å². The molecule has 3 aliphatic heterocycles. The third-order valence-corrected chi connectivity index (χ3v) is 5.54.